The van der Waals surface area contributed by atoms with Crippen LogP contribution in [0.25, 0.3) is 22.3 Å². The highest BCUT2D eigenvalue weighted by Gasteiger charge is 2.18. The number of hydrogen-bond acceptors (Lipinski definition) is 6. The average molecular weight is 445 g/mol. The van der Waals surface area contributed by atoms with Gasteiger partial charge in [0.2, 0.25) is 5.95 Å². The van der Waals surface area contributed by atoms with Gasteiger partial charge in [0.25, 0.3) is 0 Å². The summed E-state index contributed by atoms with van der Waals surface area (Å²) >= 11 is 0. The van der Waals surface area contributed by atoms with Gasteiger partial charge in [0.1, 0.15) is 11.5 Å². The molecule has 0 spiro atoms. The number of nitrogens with one attached hydrogen (secondary N) is 1. The van der Waals surface area contributed by atoms with Crippen molar-refractivity contribution in [1.82, 2.24) is 19.5 Å². The van der Waals surface area contributed by atoms with Crippen molar-refractivity contribution in [3.05, 3.63) is 66.5 Å². The zero-order valence-corrected chi connectivity index (χ0v) is 19.7. The molecule has 1 unspecified atom stereocenters. The van der Waals surface area contributed by atoms with Crippen molar-refractivity contribution in [1.29, 1.82) is 0 Å². The zero-order valence-electron chi connectivity index (χ0n) is 19.7. The minimum atomic E-state index is -0.0813. The van der Waals surface area contributed by atoms with Crippen LogP contribution < -0.4 is 10.2 Å². The van der Waals surface area contributed by atoms with Crippen LogP contribution in [0.3, 0.4) is 0 Å². The van der Waals surface area contributed by atoms with E-state index in [4.69, 9.17) is 9.97 Å². The predicted octanol–water partition coefficient (Wildman–Crippen LogP) is 4.89. The first-order valence-corrected chi connectivity index (χ1v) is 11.5. The fourth-order valence-electron chi connectivity index (χ4n) is 3.91. The Bertz CT molecular complexity index is 1180. The average Bonchev–Trinajstić information content (AvgIpc) is 3.27. The smallest absolute Gasteiger partial charge is 0.226 e. The first-order valence-electron chi connectivity index (χ1n) is 11.5. The highest BCUT2D eigenvalue weighted by atomic mass is 16.3. The van der Waals surface area contributed by atoms with Crippen LogP contribution in [-0.4, -0.2) is 44.3 Å². The SMILES string of the molecule is CCC(CO)Nc1nc(N(C)Cc2ccc(-c3ccccn3)cc2)c2ccn(C(C)C)c2n1. The van der Waals surface area contributed by atoms with Crippen LogP contribution in [0.2, 0.25) is 0 Å². The largest absolute Gasteiger partial charge is 0.394 e. The van der Waals surface area contributed by atoms with E-state index in [-0.39, 0.29) is 18.7 Å². The Kier molecular flexibility index (Phi) is 6.89. The first kappa shape index (κ1) is 22.7. The minimum absolute atomic E-state index is 0.0386. The summed E-state index contributed by atoms with van der Waals surface area (Å²) in [6, 6.07) is 16.7. The molecule has 172 valence electrons. The van der Waals surface area contributed by atoms with Crippen LogP contribution in [0.1, 0.15) is 38.8 Å². The van der Waals surface area contributed by atoms with Crippen molar-refractivity contribution in [2.45, 2.75) is 45.8 Å². The first-order chi connectivity index (χ1) is 16.0. The van der Waals surface area contributed by atoms with Gasteiger partial charge in [-0.15, -0.1) is 0 Å². The molecule has 0 amide bonds. The van der Waals surface area contributed by atoms with E-state index in [2.05, 4.69) is 70.1 Å². The summed E-state index contributed by atoms with van der Waals surface area (Å²) in [5, 5.41) is 13.9. The Labute approximate surface area is 195 Å². The van der Waals surface area contributed by atoms with Crippen molar-refractivity contribution < 1.29 is 5.11 Å². The van der Waals surface area contributed by atoms with Crippen LogP contribution in [0.15, 0.2) is 60.9 Å². The summed E-state index contributed by atoms with van der Waals surface area (Å²) in [4.78, 5) is 16.2. The highest BCUT2D eigenvalue weighted by Crippen LogP contribution is 2.29. The van der Waals surface area contributed by atoms with Gasteiger partial charge in [-0.05, 0) is 44.0 Å². The summed E-state index contributed by atoms with van der Waals surface area (Å²) in [5.41, 5.74) is 4.14. The molecule has 0 aliphatic heterocycles. The molecular weight excluding hydrogens is 412 g/mol. The quantitative estimate of drug-likeness (QED) is 0.383. The summed E-state index contributed by atoms with van der Waals surface area (Å²) in [6.45, 7) is 7.06. The van der Waals surface area contributed by atoms with Gasteiger partial charge in [-0.3, -0.25) is 4.98 Å². The van der Waals surface area contributed by atoms with Gasteiger partial charge in [0, 0.05) is 37.6 Å². The number of fused-ring (bicyclic) bond motifs is 1. The van der Waals surface area contributed by atoms with E-state index in [1.54, 1.807) is 0 Å². The third-order valence-corrected chi connectivity index (χ3v) is 5.85. The fourth-order valence-corrected chi connectivity index (χ4v) is 3.91. The van der Waals surface area contributed by atoms with Crippen LogP contribution in [0.5, 0.6) is 0 Å². The summed E-state index contributed by atoms with van der Waals surface area (Å²) in [7, 11) is 2.05. The van der Waals surface area contributed by atoms with E-state index >= 15 is 0 Å². The number of anilines is 2. The zero-order chi connectivity index (χ0) is 23.4. The molecule has 3 aromatic heterocycles. The number of benzene rings is 1. The molecule has 0 radical (unpaired) electrons. The van der Waals surface area contributed by atoms with Gasteiger partial charge < -0.3 is 19.9 Å². The van der Waals surface area contributed by atoms with E-state index in [0.29, 0.717) is 12.5 Å². The van der Waals surface area contributed by atoms with Crippen molar-refractivity contribution in [3.63, 3.8) is 0 Å². The van der Waals surface area contributed by atoms with E-state index in [0.717, 1.165) is 34.5 Å². The van der Waals surface area contributed by atoms with Crippen LogP contribution in [-0.2, 0) is 6.54 Å². The molecule has 33 heavy (non-hydrogen) atoms. The van der Waals surface area contributed by atoms with Gasteiger partial charge in [0.05, 0.1) is 23.7 Å². The number of pyridine rings is 1. The van der Waals surface area contributed by atoms with Gasteiger partial charge in [-0.2, -0.15) is 9.97 Å². The van der Waals surface area contributed by atoms with Gasteiger partial charge in [-0.25, -0.2) is 0 Å². The van der Waals surface area contributed by atoms with E-state index in [1.807, 2.05) is 38.4 Å². The number of aromatic nitrogens is 4. The van der Waals surface area contributed by atoms with Crippen molar-refractivity contribution >= 4 is 22.8 Å². The molecular formula is C26H32N6O. The lowest BCUT2D eigenvalue weighted by atomic mass is 10.1. The van der Waals surface area contributed by atoms with Gasteiger partial charge in [-0.1, -0.05) is 37.3 Å². The topological polar surface area (TPSA) is 79.1 Å². The predicted molar refractivity (Wildman–Crippen MR) is 134 cm³/mol. The van der Waals surface area contributed by atoms with Gasteiger partial charge >= 0.3 is 0 Å². The van der Waals surface area contributed by atoms with Crippen LogP contribution in [0, 0.1) is 0 Å². The summed E-state index contributed by atoms with van der Waals surface area (Å²) in [6.07, 6.45) is 4.67. The molecule has 0 fully saturated rings. The lowest BCUT2D eigenvalue weighted by Gasteiger charge is -2.22. The molecule has 7 nitrogen and oxygen atoms in total. The maximum absolute atomic E-state index is 9.64. The lowest BCUT2D eigenvalue weighted by Crippen LogP contribution is -2.25. The number of rotatable bonds is 9. The second kappa shape index (κ2) is 10.0. The van der Waals surface area contributed by atoms with Gasteiger partial charge in [0.15, 0.2) is 0 Å². The molecule has 1 atom stereocenters. The standard InChI is InChI=1S/C26H32N6O/c1-5-21(17-33)28-26-29-24(22-13-15-32(18(2)3)25(22)30-26)31(4)16-19-9-11-20(12-10-19)23-8-6-7-14-27-23/h6-15,18,21,33H,5,16-17H2,1-4H3,(H,28,29,30). The molecule has 0 saturated heterocycles. The molecule has 2 N–H and O–H groups in total. The summed E-state index contributed by atoms with van der Waals surface area (Å²) in [5.74, 6) is 1.40. The molecule has 0 aliphatic rings. The number of nitrogens with zero attached hydrogens (tertiary/aromatic N) is 5. The van der Waals surface area contributed by atoms with Crippen molar-refractivity contribution in [2.24, 2.45) is 0 Å². The number of hydrogen-bond donors (Lipinski definition) is 2. The molecule has 7 heteroatoms. The minimum Gasteiger partial charge on any atom is -0.394 e. The Hall–Kier alpha value is -3.45. The maximum Gasteiger partial charge on any atom is 0.226 e. The molecule has 0 bridgehead atoms. The van der Waals surface area contributed by atoms with E-state index < -0.39 is 0 Å². The number of aliphatic hydroxyl groups excluding tert-OH is 1. The molecule has 1 aromatic carbocycles. The second-order valence-corrected chi connectivity index (χ2v) is 8.62. The monoisotopic (exact) mass is 444 g/mol. The molecule has 4 aromatic rings. The van der Waals surface area contributed by atoms with Crippen LogP contribution >= 0.6 is 0 Å². The highest BCUT2D eigenvalue weighted by molar-refractivity contribution is 5.89. The Morgan fingerprint density at radius 2 is 1.85 bits per heavy atom. The Morgan fingerprint density at radius 3 is 2.48 bits per heavy atom. The van der Waals surface area contributed by atoms with E-state index in [1.165, 1.54) is 5.56 Å². The lowest BCUT2D eigenvalue weighted by molar-refractivity contribution is 0.271. The summed E-state index contributed by atoms with van der Waals surface area (Å²) < 4.78 is 2.15. The molecule has 3 heterocycles. The normalized spacial score (nSPS) is 12.3. The second-order valence-electron chi connectivity index (χ2n) is 8.62. The Morgan fingerprint density at radius 1 is 1.06 bits per heavy atom. The molecule has 4 rings (SSSR count). The fraction of sp³-hybridized carbons (Fsp3) is 0.346. The molecule has 0 saturated carbocycles. The van der Waals surface area contributed by atoms with E-state index in [9.17, 15) is 5.11 Å². The maximum atomic E-state index is 9.64. The third kappa shape index (κ3) is 4.98. The van der Waals surface area contributed by atoms with Crippen molar-refractivity contribution in [2.75, 3.05) is 23.9 Å². The number of aliphatic hydroxyl groups is 1. The third-order valence-electron chi connectivity index (χ3n) is 5.85. The molecule has 0 aliphatic carbocycles. The van der Waals surface area contributed by atoms with Crippen molar-refractivity contribution in [3.8, 4) is 11.3 Å². The van der Waals surface area contributed by atoms with Crippen LogP contribution in [0.4, 0.5) is 11.8 Å². The Balaban J connectivity index is 1.64.